The first-order valence-electron chi connectivity index (χ1n) is 9.29. The molecule has 0 aromatic carbocycles. The Hall–Kier alpha value is -2.69. The molecule has 1 aliphatic carbocycles. The number of rotatable bonds is 6. The zero-order valence-electron chi connectivity index (χ0n) is 15.3. The van der Waals surface area contributed by atoms with Crippen LogP contribution in [0.1, 0.15) is 25.5 Å². The van der Waals surface area contributed by atoms with Gasteiger partial charge in [0.1, 0.15) is 5.65 Å². The summed E-state index contributed by atoms with van der Waals surface area (Å²) in [7, 11) is 0. The molecule has 3 aromatic rings. The van der Waals surface area contributed by atoms with Crippen molar-refractivity contribution in [2.75, 3.05) is 6.54 Å². The van der Waals surface area contributed by atoms with Crippen LogP contribution in [0.5, 0.6) is 0 Å². The number of nitrogens with one attached hydrogen (secondary N) is 1. The van der Waals surface area contributed by atoms with E-state index in [1.54, 1.807) is 0 Å². The van der Waals surface area contributed by atoms with Gasteiger partial charge in [-0.1, -0.05) is 6.92 Å². The molecule has 5 nitrogen and oxygen atoms in total. The quantitative estimate of drug-likeness (QED) is 0.693. The first kappa shape index (κ1) is 16.8. The molecule has 2 unspecified atom stereocenters. The van der Waals surface area contributed by atoms with Crippen LogP contribution in [0.25, 0.3) is 22.3 Å². The number of carbonyl (C=O) groups excluding carboxylic acids is 1. The Balaban J connectivity index is 1.54. The minimum Gasteiger partial charge on any atom is -0.356 e. The van der Waals surface area contributed by atoms with Crippen LogP contribution in [0.15, 0.2) is 42.7 Å². The van der Waals surface area contributed by atoms with Crippen molar-refractivity contribution in [2.45, 2.75) is 33.2 Å². The molecule has 2 atom stereocenters. The molecule has 1 N–H and O–H groups in total. The average Bonchev–Trinajstić information content (AvgIpc) is 3.27. The summed E-state index contributed by atoms with van der Waals surface area (Å²) >= 11 is 0. The van der Waals surface area contributed by atoms with Gasteiger partial charge in [-0.3, -0.25) is 9.78 Å². The number of carbonyl (C=O) groups is 1. The number of aryl methyl sites for hydroxylation is 2. The molecule has 1 aliphatic rings. The number of hydrogen-bond acceptors (Lipinski definition) is 3. The molecule has 0 aliphatic heterocycles. The molecule has 134 valence electrons. The van der Waals surface area contributed by atoms with Gasteiger partial charge in [-0.15, -0.1) is 0 Å². The molecular weight excluding hydrogens is 324 g/mol. The summed E-state index contributed by atoms with van der Waals surface area (Å²) in [6.07, 6.45) is 5.55. The smallest absolute Gasteiger partial charge is 0.223 e. The molecule has 3 aromatic heterocycles. The number of nitrogens with zero attached hydrogens (tertiary/aromatic N) is 3. The highest BCUT2D eigenvalue weighted by atomic mass is 16.2. The molecule has 3 heterocycles. The van der Waals surface area contributed by atoms with E-state index in [1.807, 2.05) is 31.5 Å². The summed E-state index contributed by atoms with van der Waals surface area (Å²) in [5.74, 6) is 0.988. The Labute approximate surface area is 153 Å². The maximum Gasteiger partial charge on any atom is 0.223 e. The molecule has 1 saturated carbocycles. The van der Waals surface area contributed by atoms with Crippen LogP contribution in [-0.2, 0) is 11.3 Å². The number of aromatic nitrogens is 3. The van der Waals surface area contributed by atoms with Crippen molar-refractivity contribution in [3.8, 4) is 11.3 Å². The van der Waals surface area contributed by atoms with E-state index in [-0.39, 0.29) is 11.8 Å². The zero-order valence-corrected chi connectivity index (χ0v) is 15.3. The predicted molar refractivity (Wildman–Crippen MR) is 103 cm³/mol. The molecule has 0 saturated heterocycles. The van der Waals surface area contributed by atoms with E-state index in [0.717, 1.165) is 47.4 Å². The lowest BCUT2D eigenvalue weighted by Crippen LogP contribution is -2.27. The van der Waals surface area contributed by atoms with Crippen LogP contribution in [0, 0.1) is 18.8 Å². The van der Waals surface area contributed by atoms with Gasteiger partial charge in [0.05, 0.1) is 5.69 Å². The van der Waals surface area contributed by atoms with E-state index in [9.17, 15) is 4.79 Å². The van der Waals surface area contributed by atoms with Gasteiger partial charge in [-0.25, -0.2) is 4.98 Å². The van der Waals surface area contributed by atoms with Crippen LogP contribution in [-0.4, -0.2) is 27.0 Å². The molecule has 0 bridgehead atoms. The summed E-state index contributed by atoms with van der Waals surface area (Å²) in [5, 5.41) is 4.20. The van der Waals surface area contributed by atoms with Gasteiger partial charge in [0, 0.05) is 48.0 Å². The highest BCUT2D eigenvalue weighted by Crippen LogP contribution is 2.37. The van der Waals surface area contributed by atoms with E-state index in [4.69, 9.17) is 0 Å². The highest BCUT2D eigenvalue weighted by molar-refractivity contribution is 5.84. The molecule has 0 radical (unpaired) electrons. The minimum absolute atomic E-state index is 0.205. The average molecular weight is 348 g/mol. The van der Waals surface area contributed by atoms with Crippen molar-refractivity contribution in [3.63, 3.8) is 0 Å². The molecule has 1 amide bonds. The summed E-state index contributed by atoms with van der Waals surface area (Å²) in [5.41, 5.74) is 4.24. The van der Waals surface area contributed by atoms with Crippen LogP contribution in [0.4, 0.5) is 0 Å². The Morgan fingerprint density at radius 3 is 2.81 bits per heavy atom. The van der Waals surface area contributed by atoms with Crippen LogP contribution >= 0.6 is 0 Å². The maximum absolute atomic E-state index is 12.0. The van der Waals surface area contributed by atoms with Crippen molar-refractivity contribution in [3.05, 3.63) is 48.4 Å². The van der Waals surface area contributed by atoms with Crippen molar-refractivity contribution in [1.29, 1.82) is 0 Å². The second kappa shape index (κ2) is 6.90. The number of pyridine rings is 2. The normalized spacial score (nSPS) is 18.8. The first-order chi connectivity index (χ1) is 12.6. The third-order valence-electron chi connectivity index (χ3n) is 5.24. The van der Waals surface area contributed by atoms with Gasteiger partial charge in [0.2, 0.25) is 5.91 Å². The fraction of sp³-hybridized carbons (Fsp3) is 0.381. The molecule has 0 spiro atoms. The van der Waals surface area contributed by atoms with Crippen molar-refractivity contribution in [1.82, 2.24) is 19.9 Å². The monoisotopic (exact) mass is 348 g/mol. The topological polar surface area (TPSA) is 59.8 Å². The molecule has 26 heavy (non-hydrogen) atoms. The van der Waals surface area contributed by atoms with E-state index >= 15 is 0 Å². The fourth-order valence-electron chi connectivity index (χ4n) is 3.56. The minimum atomic E-state index is 0.205. The van der Waals surface area contributed by atoms with Gasteiger partial charge in [0.25, 0.3) is 0 Å². The Bertz CT molecular complexity index is 946. The predicted octanol–water partition coefficient (Wildman–Crippen LogP) is 3.57. The fourth-order valence-corrected chi connectivity index (χ4v) is 3.56. The number of amides is 1. The molecule has 1 fully saturated rings. The molecular formula is C21H24N4O. The Morgan fingerprint density at radius 2 is 2.04 bits per heavy atom. The lowest BCUT2D eigenvalue weighted by atomic mass is 10.1. The van der Waals surface area contributed by atoms with Gasteiger partial charge in [-0.05, 0) is 56.0 Å². The van der Waals surface area contributed by atoms with Crippen LogP contribution < -0.4 is 5.32 Å². The van der Waals surface area contributed by atoms with E-state index in [0.29, 0.717) is 12.5 Å². The van der Waals surface area contributed by atoms with Crippen molar-refractivity contribution >= 4 is 16.9 Å². The third kappa shape index (κ3) is 3.21. The highest BCUT2D eigenvalue weighted by Gasteiger charge is 2.38. The van der Waals surface area contributed by atoms with Gasteiger partial charge in [0.15, 0.2) is 0 Å². The lowest BCUT2D eigenvalue weighted by molar-refractivity contribution is -0.122. The van der Waals surface area contributed by atoms with Gasteiger partial charge < -0.3 is 9.88 Å². The van der Waals surface area contributed by atoms with E-state index in [2.05, 4.69) is 45.0 Å². The van der Waals surface area contributed by atoms with Gasteiger partial charge in [-0.2, -0.15) is 0 Å². The van der Waals surface area contributed by atoms with Gasteiger partial charge >= 0.3 is 0 Å². The van der Waals surface area contributed by atoms with Crippen LogP contribution in [0.2, 0.25) is 0 Å². The SMILES string of the molecule is Cc1ncccc1-c1cc2cccnc2n1CCCNC(=O)C1CC1C. The second-order valence-corrected chi connectivity index (χ2v) is 7.20. The Morgan fingerprint density at radius 1 is 1.27 bits per heavy atom. The maximum atomic E-state index is 12.0. The van der Waals surface area contributed by atoms with Crippen molar-refractivity contribution < 1.29 is 4.79 Å². The zero-order chi connectivity index (χ0) is 18.1. The first-order valence-corrected chi connectivity index (χ1v) is 9.29. The number of hydrogen-bond donors (Lipinski definition) is 1. The van der Waals surface area contributed by atoms with E-state index < -0.39 is 0 Å². The summed E-state index contributed by atoms with van der Waals surface area (Å²) in [6.45, 7) is 5.66. The lowest BCUT2D eigenvalue weighted by Gasteiger charge is -2.12. The molecule has 4 rings (SSSR count). The van der Waals surface area contributed by atoms with E-state index in [1.165, 1.54) is 0 Å². The summed E-state index contributed by atoms with van der Waals surface area (Å²) in [4.78, 5) is 21.0. The van der Waals surface area contributed by atoms with Crippen LogP contribution in [0.3, 0.4) is 0 Å². The largest absolute Gasteiger partial charge is 0.356 e. The number of fused-ring (bicyclic) bond motifs is 1. The summed E-state index contributed by atoms with van der Waals surface area (Å²) < 4.78 is 2.24. The third-order valence-corrected chi connectivity index (χ3v) is 5.24. The molecule has 5 heteroatoms. The summed E-state index contributed by atoms with van der Waals surface area (Å²) in [6, 6.07) is 10.3. The Kier molecular flexibility index (Phi) is 4.45. The standard InChI is InChI=1S/C21H24N4O/c1-14-12-18(14)21(26)24-10-5-11-25-19(17-7-4-8-22-15(17)2)13-16-6-3-9-23-20(16)25/h3-4,6-9,13-14,18H,5,10-12H2,1-2H3,(H,24,26). The second-order valence-electron chi connectivity index (χ2n) is 7.20. The van der Waals surface area contributed by atoms with Crippen molar-refractivity contribution in [2.24, 2.45) is 11.8 Å².